The monoisotopic (exact) mass is 683 g/mol. The van der Waals surface area contributed by atoms with Gasteiger partial charge in [0.25, 0.3) is 0 Å². The van der Waals surface area contributed by atoms with E-state index in [1.165, 1.54) is 10.5 Å². The number of carbonyl (C=O) groups is 2. The molecular weight excluding hydrogens is 644 g/mol. The maximum absolute atomic E-state index is 13.6. The number of allylic oxidation sites excluding steroid dienone is 2. The first kappa shape index (κ1) is 30.8. The van der Waals surface area contributed by atoms with E-state index in [-0.39, 0.29) is 35.5 Å². The van der Waals surface area contributed by atoms with Crippen LogP contribution in [0.2, 0.25) is 6.32 Å². The number of aromatic hydroxyl groups is 1. The van der Waals surface area contributed by atoms with Gasteiger partial charge in [-0.3, -0.25) is 14.5 Å². The Morgan fingerprint density at radius 3 is 2.60 bits per heavy atom. The third-order valence-corrected chi connectivity index (χ3v) is 9.65. The number of phenols is 1. The summed E-state index contributed by atoms with van der Waals surface area (Å²) in [7, 11) is 0.555. The minimum Gasteiger partial charge on any atom is -0.504 e. The number of ether oxygens (including phenoxy) is 1. The number of carbonyl (C=O) groups excluding carboxylic acids is 2. The lowest BCUT2D eigenvalue weighted by atomic mass is 9.58. The van der Waals surface area contributed by atoms with Crippen molar-refractivity contribution in [2.75, 3.05) is 13.7 Å². The number of hydrogen-bond acceptors (Lipinski definition) is 6. The first-order chi connectivity index (χ1) is 20.3. The smallest absolute Gasteiger partial charge is 0.455 e. The maximum Gasteiger partial charge on any atom is 0.455 e. The number of amides is 2. The van der Waals surface area contributed by atoms with Crippen LogP contribution in [0.25, 0.3) is 11.6 Å². The van der Waals surface area contributed by atoms with E-state index in [4.69, 9.17) is 9.39 Å². The second kappa shape index (κ2) is 13.3. The second-order valence-electron chi connectivity index (χ2n) is 11.5. The summed E-state index contributed by atoms with van der Waals surface area (Å²) >= 11 is 2.10. The molecule has 9 heteroatoms. The molecule has 0 saturated carbocycles. The number of rotatable bonds is 10. The lowest BCUT2D eigenvalue weighted by Gasteiger charge is -2.43. The van der Waals surface area contributed by atoms with Gasteiger partial charge in [0, 0.05) is 6.54 Å². The van der Waals surface area contributed by atoms with E-state index in [1.54, 1.807) is 7.11 Å². The first-order valence-corrected chi connectivity index (χ1v) is 16.1. The van der Waals surface area contributed by atoms with Crippen LogP contribution in [0.15, 0.2) is 53.6 Å². The lowest BCUT2D eigenvalue weighted by Crippen LogP contribution is -2.46. The van der Waals surface area contributed by atoms with Gasteiger partial charge < -0.3 is 19.5 Å². The average Bonchev–Trinajstić information content (AvgIpc) is 3.22. The van der Waals surface area contributed by atoms with Gasteiger partial charge in [0.1, 0.15) is 0 Å². The minimum atomic E-state index is -0.986. The molecule has 2 heterocycles. The molecule has 0 spiro atoms. The van der Waals surface area contributed by atoms with Gasteiger partial charge in [0.15, 0.2) is 11.5 Å². The summed E-state index contributed by atoms with van der Waals surface area (Å²) in [5.74, 6) is -0.543. The molecule has 2 amide bonds. The molecule has 5 rings (SSSR count). The number of likely N-dealkylation sites (tertiary alicyclic amines) is 1. The third kappa shape index (κ3) is 6.05. The van der Waals surface area contributed by atoms with Crippen molar-refractivity contribution in [2.24, 2.45) is 17.8 Å². The van der Waals surface area contributed by atoms with Gasteiger partial charge in [-0.05, 0) is 101 Å². The van der Waals surface area contributed by atoms with E-state index in [9.17, 15) is 19.7 Å². The van der Waals surface area contributed by atoms with Crippen LogP contribution in [0.4, 0.5) is 0 Å². The quantitative estimate of drug-likeness (QED) is 0.1000. The standard InChI is InChI=1S/C33H39BINO6/c1-4-9-23-18-24-30(33(39)36(14-5-2)32(24)38)25-19-34(40)42-27(29(23)25)13-12-22(21-10-7-6-8-11-21)15-20-16-26(35)31(37)28(17-20)41-3/h6-8,10-11,15-17,24-25,27,30,37,40H,4-5,9,12-14,18-19H2,1-3H3/b22-15-/t24-,25+,27-,30-/m1/s1. The van der Waals surface area contributed by atoms with Gasteiger partial charge in [-0.25, -0.2) is 0 Å². The van der Waals surface area contributed by atoms with Crippen LogP contribution in [-0.4, -0.2) is 53.7 Å². The predicted molar refractivity (Wildman–Crippen MR) is 173 cm³/mol. The number of phenolic OH excluding ortho intramolecular Hbond substituents is 1. The Kier molecular flexibility index (Phi) is 9.79. The number of methoxy groups -OCH3 is 1. The van der Waals surface area contributed by atoms with E-state index < -0.39 is 13.0 Å². The molecule has 42 heavy (non-hydrogen) atoms. The number of fused-ring (bicyclic) bond motifs is 3. The fraction of sp³-hybridized carbons (Fsp3) is 0.455. The molecule has 1 aliphatic carbocycles. The number of benzene rings is 2. The zero-order chi connectivity index (χ0) is 30.0. The Labute approximate surface area is 262 Å². The summed E-state index contributed by atoms with van der Waals surface area (Å²) in [4.78, 5) is 28.3. The van der Waals surface area contributed by atoms with Crippen LogP contribution in [0.5, 0.6) is 11.5 Å². The van der Waals surface area contributed by atoms with Crippen LogP contribution in [0, 0.1) is 21.3 Å². The number of hydrogen-bond donors (Lipinski definition) is 2. The van der Waals surface area contributed by atoms with E-state index in [1.807, 2.05) is 37.3 Å². The highest BCUT2D eigenvalue weighted by molar-refractivity contribution is 14.1. The number of imide groups is 1. The Bertz CT molecular complexity index is 1390. The molecule has 2 aromatic carbocycles. The zero-order valence-electron chi connectivity index (χ0n) is 24.5. The molecule has 0 radical (unpaired) electrons. The molecule has 0 unspecified atom stereocenters. The summed E-state index contributed by atoms with van der Waals surface area (Å²) in [6.07, 6.45) is 6.52. The summed E-state index contributed by atoms with van der Waals surface area (Å²) < 4.78 is 12.3. The molecule has 0 aromatic heterocycles. The van der Waals surface area contributed by atoms with Crippen LogP contribution >= 0.6 is 22.6 Å². The van der Waals surface area contributed by atoms with E-state index in [0.717, 1.165) is 41.5 Å². The van der Waals surface area contributed by atoms with Crippen molar-refractivity contribution in [3.63, 3.8) is 0 Å². The highest BCUT2D eigenvalue weighted by Crippen LogP contribution is 2.51. The van der Waals surface area contributed by atoms with E-state index >= 15 is 0 Å². The maximum atomic E-state index is 13.6. The van der Waals surface area contributed by atoms with Gasteiger partial charge in [0.05, 0.1) is 28.6 Å². The van der Waals surface area contributed by atoms with Gasteiger partial charge in [-0.2, -0.15) is 0 Å². The Hall–Kier alpha value is -2.63. The molecule has 2 fully saturated rings. The highest BCUT2D eigenvalue weighted by atomic mass is 127. The van der Waals surface area contributed by atoms with Crippen molar-refractivity contribution in [1.82, 2.24) is 4.90 Å². The van der Waals surface area contributed by atoms with Crippen molar-refractivity contribution in [3.05, 3.63) is 68.3 Å². The Morgan fingerprint density at radius 1 is 1.14 bits per heavy atom. The SMILES string of the molecule is CCCC1=C2[C@@H](CC/C(=C/c3cc(I)c(O)c(OC)c3)c3ccccc3)OB(O)C[C@@H]2[C@@H]2C(=O)N(CCC)C(=O)[C@@H]2C1. The lowest BCUT2D eigenvalue weighted by molar-refractivity contribution is -0.140. The minimum absolute atomic E-state index is 0.0507. The first-order valence-electron chi connectivity index (χ1n) is 15.0. The Morgan fingerprint density at radius 2 is 1.90 bits per heavy atom. The molecular formula is C33H39BINO6. The summed E-state index contributed by atoms with van der Waals surface area (Å²) in [6, 6.07) is 13.9. The van der Waals surface area contributed by atoms with Crippen LogP contribution in [0.3, 0.4) is 0 Å². The molecule has 3 aliphatic rings. The molecule has 0 bridgehead atoms. The largest absolute Gasteiger partial charge is 0.504 e. The average molecular weight is 683 g/mol. The van der Waals surface area contributed by atoms with E-state index in [2.05, 4.69) is 47.7 Å². The van der Waals surface area contributed by atoms with Gasteiger partial charge >= 0.3 is 7.12 Å². The topological polar surface area (TPSA) is 96.3 Å². The van der Waals surface area contributed by atoms with Crippen molar-refractivity contribution >= 4 is 53.2 Å². The molecule has 2 N–H and O–H groups in total. The van der Waals surface area contributed by atoms with Crippen LogP contribution in [0.1, 0.15) is 63.5 Å². The van der Waals surface area contributed by atoms with Gasteiger partial charge in [-0.1, -0.05) is 62.2 Å². The highest BCUT2D eigenvalue weighted by Gasteiger charge is 2.56. The molecule has 2 saturated heterocycles. The molecule has 7 nitrogen and oxygen atoms in total. The number of nitrogens with zero attached hydrogens (tertiary/aromatic N) is 1. The predicted octanol–water partition coefficient (Wildman–Crippen LogP) is 6.33. The van der Waals surface area contributed by atoms with Crippen LogP contribution < -0.4 is 4.74 Å². The number of halogens is 1. The Balaban J connectivity index is 1.49. The fourth-order valence-corrected chi connectivity index (χ4v) is 7.71. The van der Waals surface area contributed by atoms with E-state index in [0.29, 0.717) is 41.4 Å². The fourth-order valence-electron chi connectivity index (χ4n) is 7.08. The second-order valence-corrected chi connectivity index (χ2v) is 12.7. The summed E-state index contributed by atoms with van der Waals surface area (Å²) in [6.45, 7) is 4.57. The molecule has 2 aliphatic heterocycles. The van der Waals surface area contributed by atoms with Crippen molar-refractivity contribution in [2.45, 2.75) is 64.8 Å². The molecule has 222 valence electrons. The molecule has 2 aromatic rings. The third-order valence-electron chi connectivity index (χ3n) is 8.83. The molecule has 4 atom stereocenters. The summed E-state index contributed by atoms with van der Waals surface area (Å²) in [5.41, 5.74) is 5.44. The van der Waals surface area contributed by atoms with Crippen molar-refractivity contribution in [3.8, 4) is 11.5 Å². The van der Waals surface area contributed by atoms with Crippen molar-refractivity contribution in [1.29, 1.82) is 0 Å². The summed E-state index contributed by atoms with van der Waals surface area (Å²) in [5, 5.41) is 21.2. The van der Waals surface area contributed by atoms with Gasteiger partial charge in [0.2, 0.25) is 11.8 Å². The van der Waals surface area contributed by atoms with Crippen LogP contribution in [-0.2, 0) is 14.2 Å². The zero-order valence-corrected chi connectivity index (χ0v) is 26.7. The van der Waals surface area contributed by atoms with Gasteiger partial charge in [-0.15, -0.1) is 0 Å². The normalized spacial score (nSPS) is 24.3. The van der Waals surface area contributed by atoms with Crippen molar-refractivity contribution < 1.29 is 29.1 Å².